The number of alkyl halides is 4. The Morgan fingerprint density at radius 1 is 1.00 bits per heavy atom. The molecular formula is C39H38F7N3O6. The molecule has 3 N–H and O–H groups in total. The van der Waals surface area contributed by atoms with Crippen molar-refractivity contribution in [1.82, 2.24) is 14.8 Å². The number of rotatable bonds is 13. The van der Waals surface area contributed by atoms with Gasteiger partial charge in [0, 0.05) is 48.6 Å². The molecule has 0 radical (unpaired) electrons. The molecule has 0 aliphatic carbocycles. The summed E-state index contributed by atoms with van der Waals surface area (Å²) in [6, 6.07) is 4.20. The number of nitrogens with zero attached hydrogens (tertiary/aromatic N) is 2. The lowest BCUT2D eigenvalue weighted by molar-refractivity contribution is -0.144. The van der Waals surface area contributed by atoms with Gasteiger partial charge < -0.3 is 20.3 Å². The first-order chi connectivity index (χ1) is 25.9. The van der Waals surface area contributed by atoms with Crippen LogP contribution in [-0.4, -0.2) is 64.0 Å². The smallest absolute Gasteiger partial charge is 0.416 e. The van der Waals surface area contributed by atoms with Crippen molar-refractivity contribution < 1.29 is 55.3 Å². The first-order valence-electron chi connectivity index (χ1n) is 17.3. The summed E-state index contributed by atoms with van der Waals surface area (Å²) in [4.78, 5) is 42.5. The van der Waals surface area contributed by atoms with E-state index in [4.69, 9.17) is 4.74 Å². The number of pyridine rings is 1. The van der Waals surface area contributed by atoms with Crippen LogP contribution in [0.3, 0.4) is 0 Å². The monoisotopic (exact) mass is 777 g/mol. The van der Waals surface area contributed by atoms with Gasteiger partial charge in [-0.25, -0.2) is 17.6 Å². The Morgan fingerprint density at radius 2 is 1.69 bits per heavy atom. The van der Waals surface area contributed by atoms with E-state index < -0.39 is 89.0 Å². The highest BCUT2D eigenvalue weighted by Crippen LogP contribution is 2.38. The number of aliphatic hydroxyl groups excluding tert-OH is 1. The zero-order chi connectivity index (χ0) is 40.4. The molecule has 0 bridgehead atoms. The summed E-state index contributed by atoms with van der Waals surface area (Å²) in [6.07, 6.45) is -6.49. The number of halogens is 7. The molecular weight excluding hydrogens is 739 g/mol. The second-order valence-electron chi connectivity index (χ2n) is 13.3. The predicted molar refractivity (Wildman–Crippen MR) is 186 cm³/mol. The Morgan fingerprint density at radius 3 is 2.33 bits per heavy atom. The minimum atomic E-state index is -5.02. The van der Waals surface area contributed by atoms with E-state index in [1.807, 2.05) is 0 Å². The minimum absolute atomic E-state index is 0.00153. The molecule has 55 heavy (non-hydrogen) atoms. The first kappa shape index (κ1) is 41.0. The summed E-state index contributed by atoms with van der Waals surface area (Å²) in [7, 11) is 0. The highest BCUT2D eigenvalue weighted by atomic mass is 19.4. The number of likely N-dealkylation sites (tertiary alicyclic amines) is 1. The number of amides is 1. The summed E-state index contributed by atoms with van der Waals surface area (Å²) in [5.41, 5.74) is -3.99. The third kappa shape index (κ3) is 9.02. The topological polar surface area (TPSA) is 121 Å². The Bertz CT molecular complexity index is 2150. The van der Waals surface area contributed by atoms with Gasteiger partial charge in [-0.3, -0.25) is 23.9 Å². The van der Waals surface area contributed by atoms with Crippen molar-refractivity contribution in [1.29, 1.82) is 0 Å². The number of benzene rings is 3. The van der Waals surface area contributed by atoms with Crippen molar-refractivity contribution in [2.24, 2.45) is 0 Å². The fourth-order valence-corrected chi connectivity index (χ4v) is 6.65. The lowest BCUT2D eigenvalue weighted by Crippen LogP contribution is -2.49. The maximum absolute atomic E-state index is 16.1. The average molecular weight is 778 g/mol. The number of carbonyl (C=O) groups excluding carboxylic acids is 2. The molecule has 16 heteroatoms. The third-order valence-corrected chi connectivity index (χ3v) is 9.46. The van der Waals surface area contributed by atoms with Gasteiger partial charge in [-0.15, -0.1) is 0 Å². The van der Waals surface area contributed by atoms with Crippen molar-refractivity contribution in [3.05, 3.63) is 121 Å². The predicted octanol–water partition coefficient (Wildman–Crippen LogP) is 6.36. The van der Waals surface area contributed by atoms with E-state index in [0.29, 0.717) is 4.57 Å². The molecule has 0 saturated carbocycles. The van der Waals surface area contributed by atoms with Gasteiger partial charge in [-0.2, -0.15) is 13.2 Å². The molecule has 1 aromatic heterocycles. The van der Waals surface area contributed by atoms with Crippen LogP contribution in [0.25, 0.3) is 11.1 Å². The van der Waals surface area contributed by atoms with Gasteiger partial charge in [0.25, 0.3) is 5.56 Å². The summed E-state index contributed by atoms with van der Waals surface area (Å²) in [5.74, 6) is -5.29. The van der Waals surface area contributed by atoms with Crippen LogP contribution in [0, 0.1) is 31.3 Å². The van der Waals surface area contributed by atoms with E-state index in [0.717, 1.165) is 36.5 Å². The molecule has 1 aliphatic heterocycles. The number of aromatic nitrogens is 1. The normalized spacial score (nSPS) is 14.7. The van der Waals surface area contributed by atoms with Crippen molar-refractivity contribution in [3.8, 4) is 16.9 Å². The molecule has 9 nitrogen and oxygen atoms in total. The number of ether oxygens (including phenoxy) is 1. The van der Waals surface area contributed by atoms with Gasteiger partial charge in [0.2, 0.25) is 5.91 Å². The number of carbonyl (C=O) groups is 2. The number of phenols is 1. The zero-order valence-corrected chi connectivity index (χ0v) is 29.9. The summed E-state index contributed by atoms with van der Waals surface area (Å²) in [6.45, 7) is 3.37. The van der Waals surface area contributed by atoms with Gasteiger partial charge >= 0.3 is 12.1 Å². The maximum Gasteiger partial charge on any atom is 0.416 e. The van der Waals surface area contributed by atoms with Gasteiger partial charge in [-0.05, 0) is 91.4 Å². The number of aromatic hydroxyl groups is 1. The maximum atomic E-state index is 16.1. The van der Waals surface area contributed by atoms with Crippen LogP contribution >= 0.6 is 0 Å². The van der Waals surface area contributed by atoms with Crippen LogP contribution in [0.5, 0.6) is 5.75 Å². The molecule has 1 unspecified atom stereocenters. The Balaban J connectivity index is 1.68. The Kier molecular flexibility index (Phi) is 12.4. The molecule has 0 spiro atoms. The van der Waals surface area contributed by atoms with Gasteiger partial charge in [0.05, 0.1) is 31.2 Å². The molecule has 2 heterocycles. The first-order valence-corrected chi connectivity index (χ1v) is 17.3. The Labute approximate surface area is 311 Å². The van der Waals surface area contributed by atoms with Crippen molar-refractivity contribution in [2.75, 3.05) is 26.2 Å². The quantitative estimate of drug-likeness (QED) is 0.107. The number of aryl methyl sites for hydroxylation is 1. The SMILES string of the molecule is CCOC(=O)C[C@H](NC(=O)C(c1cc(CO)ccc1F)n1cc(CCN2CC(F)C2)c(C(F)(F)F)cc1=O)c1cc(-c2c(O)ccc(F)c2C)cc(C)c1F. The fraction of sp³-hybridized carbons (Fsp3) is 0.359. The second kappa shape index (κ2) is 16.7. The average Bonchev–Trinajstić information content (AvgIpc) is 3.10. The molecule has 1 aliphatic rings. The lowest BCUT2D eigenvalue weighted by atomic mass is 9.91. The van der Waals surface area contributed by atoms with Crippen molar-refractivity contribution >= 4 is 11.9 Å². The molecule has 1 amide bonds. The van der Waals surface area contributed by atoms with Crippen LogP contribution in [0.4, 0.5) is 30.7 Å². The van der Waals surface area contributed by atoms with E-state index in [1.165, 1.54) is 32.9 Å². The standard InChI is InChI=1S/C39H38F7N3O6/c1-4-55-34(53)15-31(27-13-24(11-20(2)36(27)43)35-21(3)29(41)7-8-32(35)51)47-38(54)37(26-12-22(19-50)5-6-30(26)42)49-16-23(9-10-48-17-25(40)18-48)28(14-33(49)52)39(44,45)46/h5-8,11-14,16,25,31,37,50-51H,4,9-10,15,17-19H2,1-3H3,(H,47,54)/t31-,37?/m0/s1. The van der Waals surface area contributed by atoms with Gasteiger partial charge in [0.15, 0.2) is 0 Å². The molecule has 2 atom stereocenters. The van der Waals surface area contributed by atoms with E-state index in [9.17, 15) is 46.5 Å². The summed E-state index contributed by atoms with van der Waals surface area (Å²) in [5, 5.41) is 22.9. The molecule has 294 valence electrons. The zero-order valence-electron chi connectivity index (χ0n) is 29.9. The molecule has 5 rings (SSSR count). The van der Waals surface area contributed by atoms with E-state index in [1.54, 1.807) is 4.90 Å². The number of phenolic OH excluding ortho intramolecular Hbond substituents is 1. The van der Waals surface area contributed by atoms with Crippen LogP contribution in [0.15, 0.2) is 59.5 Å². The van der Waals surface area contributed by atoms with Gasteiger partial charge in [0.1, 0.15) is 35.4 Å². The lowest BCUT2D eigenvalue weighted by Gasteiger charge is -2.34. The number of hydrogen-bond acceptors (Lipinski definition) is 7. The highest BCUT2D eigenvalue weighted by molar-refractivity contribution is 5.85. The number of esters is 1. The van der Waals surface area contributed by atoms with E-state index in [-0.39, 0.29) is 77.9 Å². The van der Waals surface area contributed by atoms with E-state index in [2.05, 4.69) is 5.32 Å². The van der Waals surface area contributed by atoms with E-state index >= 15 is 8.78 Å². The number of aliphatic hydroxyl groups is 1. The second-order valence-corrected chi connectivity index (χ2v) is 13.3. The van der Waals surface area contributed by atoms with Gasteiger partial charge in [-0.1, -0.05) is 6.07 Å². The minimum Gasteiger partial charge on any atom is -0.507 e. The Hall–Kier alpha value is -5.22. The highest BCUT2D eigenvalue weighted by Gasteiger charge is 2.37. The van der Waals surface area contributed by atoms with Crippen LogP contribution < -0.4 is 10.9 Å². The van der Waals surface area contributed by atoms with Crippen LogP contribution in [-0.2, 0) is 33.5 Å². The van der Waals surface area contributed by atoms with Crippen molar-refractivity contribution in [3.63, 3.8) is 0 Å². The summed E-state index contributed by atoms with van der Waals surface area (Å²) >= 11 is 0. The van der Waals surface area contributed by atoms with Crippen molar-refractivity contribution in [2.45, 2.75) is 64.7 Å². The fourth-order valence-electron chi connectivity index (χ4n) is 6.65. The largest absolute Gasteiger partial charge is 0.507 e. The van der Waals surface area contributed by atoms with Crippen LogP contribution in [0.1, 0.15) is 64.4 Å². The third-order valence-electron chi connectivity index (χ3n) is 9.46. The van der Waals surface area contributed by atoms with Crippen LogP contribution in [0.2, 0.25) is 0 Å². The number of nitrogens with one attached hydrogen (secondary N) is 1. The molecule has 1 saturated heterocycles. The molecule has 4 aromatic rings. The summed E-state index contributed by atoms with van der Waals surface area (Å²) < 4.78 is 108. The number of hydrogen-bond donors (Lipinski definition) is 3. The molecule has 1 fully saturated rings. The molecule has 3 aromatic carbocycles.